The lowest BCUT2D eigenvalue weighted by Crippen LogP contribution is -2.30. The Balaban J connectivity index is 0.000000122. The van der Waals surface area contributed by atoms with Crippen LogP contribution in [0.15, 0.2) is 326 Å². The highest BCUT2D eigenvalue weighted by molar-refractivity contribution is 9.10. The molecule has 0 fully saturated rings. The van der Waals surface area contributed by atoms with Crippen LogP contribution in [0.1, 0.15) is 96.4 Å². The van der Waals surface area contributed by atoms with Gasteiger partial charge in [0, 0.05) is 132 Å². The largest absolute Gasteiger partial charge is 0.508 e. The van der Waals surface area contributed by atoms with Crippen LogP contribution in [0.4, 0.5) is 83.2 Å². The van der Waals surface area contributed by atoms with Crippen LogP contribution >= 0.6 is 27.5 Å². The second kappa shape index (κ2) is 41.2. The fourth-order valence-electron chi connectivity index (χ4n) is 18.6. The van der Waals surface area contributed by atoms with Crippen LogP contribution in [0.25, 0.3) is 10.8 Å². The van der Waals surface area contributed by atoms with Gasteiger partial charge in [-0.1, -0.05) is 197 Å². The molecule has 0 aromatic heterocycles. The molecule has 19 nitrogen and oxygen atoms in total. The van der Waals surface area contributed by atoms with Gasteiger partial charge in [-0.3, -0.25) is 24.0 Å². The van der Waals surface area contributed by atoms with Gasteiger partial charge in [0.05, 0.1) is 27.0 Å². The molecule has 0 aliphatic carbocycles. The summed E-state index contributed by atoms with van der Waals surface area (Å²) in [7, 11) is 14.1. The number of anilines is 10. The monoisotopic (exact) mass is 1980 g/mol. The van der Waals surface area contributed by atoms with Crippen LogP contribution in [-0.2, 0) is 24.0 Å². The number of fused-ring (bicyclic) bond motifs is 11. The van der Waals surface area contributed by atoms with Crippen LogP contribution in [0, 0.1) is 48.8 Å². The minimum absolute atomic E-state index is 0.151. The minimum atomic E-state index is -1.59. The smallest absolute Gasteiger partial charge is 0.323 e. The van der Waals surface area contributed by atoms with Gasteiger partial charge >= 0.3 is 29.8 Å². The number of carbonyl (C=O) groups is 5. The molecule has 5 heterocycles. The number of esters is 5. The van der Waals surface area contributed by atoms with Gasteiger partial charge in [0.15, 0.2) is 23.2 Å². The molecule has 21 rings (SSSR count). The lowest BCUT2D eigenvalue weighted by Gasteiger charge is -2.36. The maximum absolute atomic E-state index is 14.2. The molecule has 5 aliphatic heterocycles. The first-order valence-corrected chi connectivity index (χ1v) is 45.6. The molecule has 0 bridgehead atoms. The molecule has 141 heavy (non-hydrogen) atoms. The number of phenols is 1. The van der Waals surface area contributed by atoms with Gasteiger partial charge < -0.3 is 67.5 Å². The number of halogens is 8. The first kappa shape index (κ1) is 96.4. The van der Waals surface area contributed by atoms with Gasteiger partial charge in [-0.2, -0.15) is 4.39 Å². The van der Waals surface area contributed by atoms with Crippen molar-refractivity contribution in [1.29, 1.82) is 0 Å². The highest BCUT2D eigenvalue weighted by Crippen LogP contribution is 2.56. The zero-order valence-corrected chi connectivity index (χ0v) is 79.8. The first-order valence-electron chi connectivity index (χ1n) is 44.5. The third-order valence-corrected chi connectivity index (χ3v) is 25.9. The predicted octanol–water partition coefficient (Wildman–Crippen LogP) is 26.3. The van der Waals surface area contributed by atoms with E-state index in [0.717, 1.165) is 141 Å². The number of hydrogen-bond donors (Lipinski definition) is 1. The number of ether oxygens (including phenoxy) is 8. The Hall–Kier alpha value is -16.3. The van der Waals surface area contributed by atoms with Crippen LogP contribution in [0.2, 0.25) is 5.02 Å². The fraction of sp³-hybridized carbons (Fsp3) is 0.132. The van der Waals surface area contributed by atoms with E-state index in [1.165, 1.54) is 33.5 Å². The van der Waals surface area contributed by atoms with Gasteiger partial charge in [0.25, 0.3) is 0 Å². The zero-order chi connectivity index (χ0) is 99.5. The summed E-state index contributed by atoms with van der Waals surface area (Å²) in [5, 5.41) is 12.1. The Bertz CT molecular complexity index is 7420. The summed E-state index contributed by atoms with van der Waals surface area (Å²) in [6.07, 6.45) is 0. The maximum atomic E-state index is 14.2. The summed E-state index contributed by atoms with van der Waals surface area (Å²) in [6, 6.07) is 93.2. The number of aromatic hydroxyl groups is 1. The average molecular weight is 1980 g/mol. The summed E-state index contributed by atoms with van der Waals surface area (Å²) in [5.74, 6) is -11.9. The van der Waals surface area contributed by atoms with E-state index in [0.29, 0.717) is 68.4 Å². The third-order valence-electron chi connectivity index (χ3n) is 25.2. The SMILES string of the molecule is CN1c2ccccc2C(C(=O)Oc2cc(F)cc(F)c2)c2ccccc21.CN1c2ccccc2C(C(=O)Oc2ccc(O)cc2F)c2ccccc21.CN1c2ccccc2C(C(=O)Oc2ccc3cc(Br)ccc3c2)c2ccccc21.COc1ccc2c(c1)N(C)c1c(OC)ccc(OC)c1C2C(=O)Oc1c(F)ccc(F)c1F.Cc1cccc(C)c1OC(=O)C1c2ccccc2N(C)c2cc(Cl)ccc21. The van der Waals surface area contributed by atoms with E-state index in [-0.39, 0.29) is 29.2 Å². The van der Waals surface area contributed by atoms with Crippen molar-refractivity contribution in [3.63, 3.8) is 0 Å². The standard InChI is InChI=1S/C25H18BrNO2.C24H20F3NO5.C23H20ClNO2.C21H15F2NO2.C21H16FNO3/c1-27-22-8-4-2-6-20(22)24(21-7-3-5-9-23(21)27)25(28)29-19-13-11-16-14-18(26)12-10-17(16)15-19;1-28-16-11-12(30-2)5-6-13(16)19(20-17(31-3)9-10-18(32-4)22(20)28)24(29)33-23-15(26)8-7-14(25)21(23)27;1-14-7-6-8-15(2)22(14)27-23(26)21-17-9-4-5-10-19(17)25(3)20-13-16(24)11-12-18(20)21;1-24-18-8-4-2-6-16(18)20(17-7-3-5-9-19(17)24)21(25)26-15-11-13(22)10-14(23)12-15;1-23-17-8-4-2-6-14(17)20(15-7-3-5-9-18(15)23)21(25)26-19-11-10-13(24)12-16(19)22/h2-15,24H,1H3;5-11,19H,1-4H3;4-13,21H,1-3H3;2-12,20H,1H3;2-12,20,24H,1H3. The molecule has 1 N–H and O–H groups in total. The van der Waals surface area contributed by atoms with Crippen LogP contribution in [0.5, 0.6) is 51.7 Å². The van der Waals surface area contributed by atoms with Crippen molar-refractivity contribution in [2.75, 3.05) is 81.1 Å². The molecule has 2 unspecified atom stereocenters. The van der Waals surface area contributed by atoms with Gasteiger partial charge in [0.1, 0.15) is 81.5 Å². The van der Waals surface area contributed by atoms with E-state index >= 15 is 0 Å². The van der Waals surface area contributed by atoms with Crippen molar-refractivity contribution in [2.45, 2.75) is 43.4 Å². The quantitative estimate of drug-likeness (QED) is 0.0495. The Kier molecular flexibility index (Phi) is 28.1. The molecular formula is C114H89BrClF6N5O14. The number of rotatable bonds is 13. The van der Waals surface area contributed by atoms with E-state index < -0.39 is 88.2 Å². The highest BCUT2D eigenvalue weighted by atomic mass is 79.9. The van der Waals surface area contributed by atoms with E-state index in [4.69, 9.17) is 49.5 Å². The van der Waals surface area contributed by atoms with Crippen molar-refractivity contribution >= 4 is 125 Å². The molecule has 0 radical (unpaired) electrons. The summed E-state index contributed by atoms with van der Waals surface area (Å²) >= 11 is 9.71. The predicted molar refractivity (Wildman–Crippen MR) is 535 cm³/mol. The number of nitrogens with zero attached hydrogens (tertiary/aromatic N) is 5. The van der Waals surface area contributed by atoms with Crippen molar-refractivity contribution < 1.29 is 93.3 Å². The molecule has 27 heteroatoms. The number of benzene rings is 16. The Morgan fingerprint density at radius 2 is 0.681 bits per heavy atom. The van der Waals surface area contributed by atoms with Crippen molar-refractivity contribution in [3.8, 4) is 51.7 Å². The van der Waals surface area contributed by atoms with E-state index in [1.807, 2.05) is 294 Å². The summed E-state index contributed by atoms with van der Waals surface area (Å²) in [5.41, 5.74) is 18.3. The average Bonchev–Trinajstić information content (AvgIpc) is 0.724. The molecule has 16 aromatic rings. The minimum Gasteiger partial charge on any atom is -0.508 e. The summed E-state index contributed by atoms with van der Waals surface area (Å²) < 4.78 is 128. The Labute approximate surface area is 822 Å². The highest BCUT2D eigenvalue weighted by Gasteiger charge is 2.44. The van der Waals surface area contributed by atoms with Gasteiger partial charge in [-0.05, 0) is 207 Å². The molecular weight excluding hydrogens is 1890 g/mol. The van der Waals surface area contributed by atoms with Crippen molar-refractivity contribution in [3.05, 3.63) is 433 Å². The zero-order valence-electron chi connectivity index (χ0n) is 77.5. The van der Waals surface area contributed by atoms with Gasteiger partial charge in [-0.25, -0.2) is 22.0 Å². The number of hydrogen-bond acceptors (Lipinski definition) is 19. The number of methoxy groups -OCH3 is 3. The van der Waals surface area contributed by atoms with Gasteiger partial charge in [0.2, 0.25) is 11.6 Å². The van der Waals surface area contributed by atoms with Gasteiger partial charge in [-0.15, -0.1) is 0 Å². The van der Waals surface area contributed by atoms with E-state index in [1.54, 1.807) is 42.3 Å². The van der Waals surface area contributed by atoms with Crippen LogP contribution in [0.3, 0.4) is 0 Å². The first-order chi connectivity index (χ1) is 68.0. The van der Waals surface area contributed by atoms with Crippen LogP contribution in [-0.4, -0.2) is 91.5 Å². The molecule has 5 aliphatic rings. The summed E-state index contributed by atoms with van der Waals surface area (Å²) in [4.78, 5) is 76.0. The molecule has 0 amide bonds. The number of carbonyl (C=O) groups excluding carboxylic acids is 5. The van der Waals surface area contributed by atoms with E-state index in [2.05, 4.69) is 25.7 Å². The van der Waals surface area contributed by atoms with Crippen molar-refractivity contribution in [2.24, 2.45) is 0 Å². The van der Waals surface area contributed by atoms with Crippen LogP contribution < -0.4 is 62.4 Å². The molecule has 0 saturated carbocycles. The van der Waals surface area contributed by atoms with E-state index in [9.17, 15) is 55.4 Å². The second-order valence-corrected chi connectivity index (χ2v) is 35.0. The molecule has 0 saturated heterocycles. The number of aryl methyl sites for hydroxylation is 2. The topological polar surface area (TPSA) is 196 Å². The normalized spacial score (nSPS) is 13.8. The Morgan fingerprint density at radius 1 is 0.305 bits per heavy atom. The molecule has 16 aromatic carbocycles. The van der Waals surface area contributed by atoms with Crippen molar-refractivity contribution in [1.82, 2.24) is 0 Å². The maximum Gasteiger partial charge on any atom is 0.323 e. The third kappa shape index (κ3) is 19.3. The second-order valence-electron chi connectivity index (χ2n) is 33.6. The lowest BCUT2D eigenvalue weighted by atomic mass is 9.84. The lowest BCUT2D eigenvalue weighted by molar-refractivity contribution is -0.136. The molecule has 710 valence electrons. The number of para-hydroxylation sites is 8. The molecule has 0 spiro atoms. The number of phenolic OH excluding ortho intramolecular Hbond substituents is 1. The summed E-state index contributed by atoms with van der Waals surface area (Å²) in [6.45, 7) is 3.90. The Morgan fingerprint density at radius 3 is 1.16 bits per heavy atom. The fourth-order valence-corrected chi connectivity index (χ4v) is 19.1. The molecule has 2 atom stereocenters.